The number of nitrogens with zero attached hydrogens (tertiary/aromatic N) is 2. The van der Waals surface area contributed by atoms with Crippen LogP contribution in [0.2, 0.25) is 0 Å². The quantitative estimate of drug-likeness (QED) is 0.796. The Kier molecular flexibility index (Phi) is 3.71. The summed E-state index contributed by atoms with van der Waals surface area (Å²) in [7, 11) is 0. The monoisotopic (exact) mass is 276 g/mol. The summed E-state index contributed by atoms with van der Waals surface area (Å²) in [6.45, 7) is 11.9. The number of Topliss-reactive ketones (excluding diaryl/α,β-unsaturated/α-hetero) is 1. The molecule has 110 valence electrons. The topological polar surface area (TPSA) is 52.1 Å². The van der Waals surface area contributed by atoms with Crippen LogP contribution in [-0.2, 0) is 11.2 Å². The predicted octanol–water partition coefficient (Wildman–Crippen LogP) is 3.12. The zero-order valence-corrected chi connectivity index (χ0v) is 13.3. The van der Waals surface area contributed by atoms with Crippen molar-refractivity contribution < 1.29 is 9.53 Å². The molecule has 0 N–H and O–H groups in total. The Hall–Kier alpha value is -1.29. The zero-order chi connectivity index (χ0) is 15.1. The largest absolute Gasteiger partial charge is 0.369 e. The highest BCUT2D eigenvalue weighted by Crippen LogP contribution is 2.43. The van der Waals surface area contributed by atoms with Gasteiger partial charge >= 0.3 is 0 Å². The Bertz CT molecular complexity index is 535. The third-order valence-corrected chi connectivity index (χ3v) is 3.98. The minimum Gasteiger partial charge on any atom is -0.369 e. The fourth-order valence-corrected chi connectivity index (χ4v) is 3.15. The lowest BCUT2D eigenvalue weighted by Crippen LogP contribution is -2.34. The van der Waals surface area contributed by atoms with Gasteiger partial charge in [-0.05, 0) is 53.5 Å². The Morgan fingerprint density at radius 3 is 2.50 bits per heavy atom. The lowest BCUT2D eigenvalue weighted by Gasteiger charge is -2.26. The molecule has 2 rings (SSSR count). The van der Waals surface area contributed by atoms with Crippen LogP contribution in [0.3, 0.4) is 0 Å². The number of ether oxygens (including phenoxy) is 1. The van der Waals surface area contributed by atoms with E-state index in [0.29, 0.717) is 12.0 Å². The number of hydrogen-bond donors (Lipinski definition) is 0. The molecule has 1 aliphatic heterocycles. The van der Waals surface area contributed by atoms with Gasteiger partial charge in [-0.2, -0.15) is 10.2 Å². The molecule has 0 radical (unpaired) electrons. The highest BCUT2D eigenvalue weighted by molar-refractivity contribution is 5.99. The normalized spacial score (nSPS) is 23.8. The summed E-state index contributed by atoms with van der Waals surface area (Å²) in [5, 5.41) is 8.21. The maximum absolute atomic E-state index is 12.9. The fourth-order valence-electron chi connectivity index (χ4n) is 3.15. The van der Waals surface area contributed by atoms with E-state index in [4.69, 9.17) is 4.74 Å². The second-order valence-corrected chi connectivity index (χ2v) is 6.79. The van der Waals surface area contributed by atoms with Crippen LogP contribution in [0.1, 0.15) is 62.8 Å². The van der Waals surface area contributed by atoms with Crippen molar-refractivity contribution in [2.24, 2.45) is 5.92 Å². The summed E-state index contributed by atoms with van der Waals surface area (Å²) >= 11 is 0. The molecule has 2 heterocycles. The maximum atomic E-state index is 12.9. The SMILES string of the molecule is CCc1nnc(C)cc1C(=O)C1CC(C)(C)OC1(C)C. The Morgan fingerprint density at radius 1 is 1.35 bits per heavy atom. The lowest BCUT2D eigenvalue weighted by atomic mass is 9.81. The molecule has 1 unspecified atom stereocenters. The van der Waals surface area contributed by atoms with Gasteiger partial charge in [-0.1, -0.05) is 6.92 Å². The van der Waals surface area contributed by atoms with E-state index in [0.717, 1.165) is 17.8 Å². The highest BCUT2D eigenvalue weighted by Gasteiger charge is 2.49. The van der Waals surface area contributed by atoms with E-state index in [-0.39, 0.29) is 17.3 Å². The van der Waals surface area contributed by atoms with Gasteiger partial charge < -0.3 is 4.74 Å². The van der Waals surface area contributed by atoms with Crippen LogP contribution in [0.25, 0.3) is 0 Å². The number of carbonyl (C=O) groups excluding carboxylic acids is 1. The van der Waals surface area contributed by atoms with E-state index in [9.17, 15) is 4.79 Å². The highest BCUT2D eigenvalue weighted by atomic mass is 16.5. The third kappa shape index (κ3) is 2.75. The van der Waals surface area contributed by atoms with Crippen molar-refractivity contribution in [3.63, 3.8) is 0 Å². The molecular formula is C16H24N2O2. The number of aromatic nitrogens is 2. The van der Waals surface area contributed by atoms with Crippen LogP contribution < -0.4 is 0 Å². The Morgan fingerprint density at radius 2 is 2.00 bits per heavy atom. The van der Waals surface area contributed by atoms with Gasteiger partial charge in [0.05, 0.1) is 28.5 Å². The molecule has 0 spiro atoms. The second-order valence-electron chi connectivity index (χ2n) is 6.79. The first-order valence-corrected chi connectivity index (χ1v) is 7.24. The summed E-state index contributed by atoms with van der Waals surface area (Å²) in [5.41, 5.74) is 1.57. The van der Waals surface area contributed by atoms with Gasteiger partial charge in [0.15, 0.2) is 5.78 Å². The van der Waals surface area contributed by atoms with Crippen LogP contribution >= 0.6 is 0 Å². The molecule has 0 aliphatic carbocycles. The van der Waals surface area contributed by atoms with Crippen molar-refractivity contribution >= 4 is 5.78 Å². The first-order chi connectivity index (χ1) is 9.16. The van der Waals surface area contributed by atoms with Gasteiger partial charge in [0.2, 0.25) is 0 Å². The van der Waals surface area contributed by atoms with Crippen LogP contribution in [-0.4, -0.2) is 27.2 Å². The molecule has 0 aromatic carbocycles. The van der Waals surface area contributed by atoms with E-state index in [1.54, 1.807) is 0 Å². The molecule has 1 saturated heterocycles. The molecule has 1 aromatic rings. The number of ketones is 1. The number of aryl methyl sites for hydroxylation is 2. The van der Waals surface area contributed by atoms with E-state index in [1.165, 1.54) is 0 Å². The van der Waals surface area contributed by atoms with E-state index in [1.807, 2.05) is 47.6 Å². The standard InChI is InChI=1S/C16H24N2O2/c1-7-13-11(8-10(2)17-18-13)14(19)12-9-15(3,4)20-16(12,5)6/h8,12H,7,9H2,1-6H3. The smallest absolute Gasteiger partial charge is 0.170 e. The minimum atomic E-state index is -0.442. The average molecular weight is 276 g/mol. The van der Waals surface area contributed by atoms with E-state index < -0.39 is 5.60 Å². The van der Waals surface area contributed by atoms with Gasteiger partial charge in [0.1, 0.15) is 0 Å². The minimum absolute atomic E-state index is 0.133. The Labute approximate surface area is 120 Å². The van der Waals surface area contributed by atoms with Crippen LogP contribution in [0.5, 0.6) is 0 Å². The van der Waals surface area contributed by atoms with E-state index >= 15 is 0 Å². The summed E-state index contributed by atoms with van der Waals surface area (Å²) in [6, 6.07) is 1.86. The van der Waals surface area contributed by atoms with Crippen molar-refractivity contribution in [1.82, 2.24) is 10.2 Å². The van der Waals surface area contributed by atoms with Gasteiger partial charge in [-0.15, -0.1) is 0 Å². The molecule has 1 aliphatic rings. The van der Waals surface area contributed by atoms with E-state index in [2.05, 4.69) is 10.2 Å². The first-order valence-electron chi connectivity index (χ1n) is 7.24. The predicted molar refractivity (Wildman–Crippen MR) is 77.8 cm³/mol. The molecule has 0 bridgehead atoms. The molecule has 1 aromatic heterocycles. The average Bonchev–Trinajstić information content (AvgIpc) is 2.56. The van der Waals surface area contributed by atoms with Crippen molar-refractivity contribution in [3.8, 4) is 0 Å². The summed E-state index contributed by atoms with van der Waals surface area (Å²) in [4.78, 5) is 12.9. The van der Waals surface area contributed by atoms with Crippen LogP contribution in [0.4, 0.5) is 0 Å². The zero-order valence-electron chi connectivity index (χ0n) is 13.3. The van der Waals surface area contributed by atoms with Gasteiger partial charge in [0.25, 0.3) is 0 Å². The molecule has 4 heteroatoms. The van der Waals surface area contributed by atoms with Gasteiger partial charge in [-0.25, -0.2) is 0 Å². The summed E-state index contributed by atoms with van der Waals surface area (Å²) < 4.78 is 6.04. The molecule has 1 atom stereocenters. The third-order valence-electron chi connectivity index (χ3n) is 3.98. The molecule has 0 amide bonds. The van der Waals surface area contributed by atoms with Crippen molar-refractivity contribution in [1.29, 1.82) is 0 Å². The maximum Gasteiger partial charge on any atom is 0.170 e. The number of carbonyl (C=O) groups is 1. The van der Waals surface area contributed by atoms with Crippen LogP contribution in [0.15, 0.2) is 6.07 Å². The molecule has 4 nitrogen and oxygen atoms in total. The summed E-state index contributed by atoms with van der Waals surface area (Å²) in [6.07, 6.45) is 1.45. The molecular weight excluding hydrogens is 252 g/mol. The molecule has 0 saturated carbocycles. The summed E-state index contributed by atoms with van der Waals surface area (Å²) in [5.74, 6) is 0.00169. The van der Waals surface area contributed by atoms with Crippen LogP contribution in [0, 0.1) is 12.8 Å². The number of hydrogen-bond acceptors (Lipinski definition) is 4. The van der Waals surface area contributed by atoms with Crippen molar-refractivity contribution in [2.45, 2.75) is 65.6 Å². The van der Waals surface area contributed by atoms with Gasteiger partial charge in [0, 0.05) is 5.56 Å². The lowest BCUT2D eigenvalue weighted by molar-refractivity contribution is -0.0712. The first kappa shape index (κ1) is 15.1. The van der Waals surface area contributed by atoms with Gasteiger partial charge in [-0.3, -0.25) is 4.79 Å². The molecule has 1 fully saturated rings. The fraction of sp³-hybridized carbons (Fsp3) is 0.688. The Balaban J connectivity index is 2.39. The second kappa shape index (κ2) is 4.92. The number of rotatable bonds is 3. The molecule has 20 heavy (non-hydrogen) atoms. The van der Waals surface area contributed by atoms with Crippen molar-refractivity contribution in [2.75, 3.05) is 0 Å². The van der Waals surface area contributed by atoms with Crippen molar-refractivity contribution in [3.05, 3.63) is 23.0 Å².